The minimum absolute atomic E-state index is 0.240. The number of nitrogens with zero attached hydrogens (tertiary/aromatic N) is 1. The summed E-state index contributed by atoms with van der Waals surface area (Å²) in [5.74, 6) is 0.830. The maximum Gasteiger partial charge on any atom is 0.263 e. The number of hydrogen-bond acceptors (Lipinski definition) is 4. The van der Waals surface area contributed by atoms with Gasteiger partial charge in [-0.15, -0.1) is 0 Å². The van der Waals surface area contributed by atoms with Crippen LogP contribution in [0.25, 0.3) is 0 Å². The number of pyridine rings is 1. The first-order chi connectivity index (χ1) is 10.8. The number of hydrogen-bond donors (Lipinski definition) is 2. The first-order valence-electron chi connectivity index (χ1n) is 7.58. The molecule has 0 aliphatic heterocycles. The van der Waals surface area contributed by atoms with E-state index in [4.69, 9.17) is 0 Å². The van der Waals surface area contributed by atoms with E-state index in [2.05, 4.69) is 28.9 Å². The molecule has 0 spiro atoms. The monoisotopic (exact) mass is 333 g/mol. The summed E-state index contributed by atoms with van der Waals surface area (Å²) in [6.07, 6.45) is 1.63. The van der Waals surface area contributed by atoms with Crippen molar-refractivity contribution in [1.29, 1.82) is 0 Å². The largest absolute Gasteiger partial charge is 0.384 e. The molecule has 0 aliphatic carbocycles. The number of benzene rings is 1. The highest BCUT2D eigenvalue weighted by molar-refractivity contribution is 7.92. The van der Waals surface area contributed by atoms with Gasteiger partial charge >= 0.3 is 0 Å². The molecule has 1 aromatic carbocycles. The van der Waals surface area contributed by atoms with Crippen LogP contribution in [0, 0.1) is 19.8 Å². The molecule has 0 aliphatic rings. The van der Waals surface area contributed by atoms with Crippen molar-refractivity contribution < 1.29 is 8.42 Å². The van der Waals surface area contributed by atoms with Gasteiger partial charge in [0.05, 0.1) is 16.8 Å². The van der Waals surface area contributed by atoms with Gasteiger partial charge in [-0.2, -0.15) is 0 Å². The Morgan fingerprint density at radius 2 is 1.83 bits per heavy atom. The minimum Gasteiger partial charge on any atom is -0.384 e. The summed E-state index contributed by atoms with van der Waals surface area (Å²) in [6, 6.07) is 8.53. The number of aryl methyl sites for hydroxylation is 2. The number of rotatable bonds is 6. The first-order valence-corrected chi connectivity index (χ1v) is 9.06. The molecule has 5 nitrogen and oxygen atoms in total. The Labute approximate surface area is 138 Å². The number of aromatic nitrogens is 1. The second kappa shape index (κ2) is 7.00. The van der Waals surface area contributed by atoms with Gasteiger partial charge < -0.3 is 5.32 Å². The van der Waals surface area contributed by atoms with Crippen molar-refractivity contribution in [2.45, 2.75) is 32.6 Å². The summed E-state index contributed by atoms with van der Waals surface area (Å²) >= 11 is 0. The molecule has 2 rings (SSSR count). The SMILES string of the molecule is Cc1ccc(S(=O)(=O)Nc2ccc(NCC(C)C)cn2)cc1C. The van der Waals surface area contributed by atoms with E-state index in [0.717, 1.165) is 23.4 Å². The smallest absolute Gasteiger partial charge is 0.263 e. The van der Waals surface area contributed by atoms with Crippen LogP contribution >= 0.6 is 0 Å². The third-order valence-corrected chi connectivity index (χ3v) is 4.86. The Hall–Kier alpha value is -2.08. The van der Waals surface area contributed by atoms with E-state index < -0.39 is 10.0 Å². The van der Waals surface area contributed by atoms with Crippen LogP contribution in [0.2, 0.25) is 0 Å². The van der Waals surface area contributed by atoms with Crippen molar-refractivity contribution in [3.8, 4) is 0 Å². The lowest BCUT2D eigenvalue weighted by atomic mass is 10.1. The molecule has 0 saturated heterocycles. The van der Waals surface area contributed by atoms with Gasteiger partial charge in [0, 0.05) is 6.54 Å². The molecule has 23 heavy (non-hydrogen) atoms. The van der Waals surface area contributed by atoms with Crippen molar-refractivity contribution >= 4 is 21.5 Å². The quantitative estimate of drug-likeness (QED) is 0.848. The standard InChI is InChI=1S/C17H23N3O2S/c1-12(2)10-18-15-6-8-17(19-11-15)20-23(21,22)16-7-5-13(3)14(4)9-16/h5-9,11-12,18H,10H2,1-4H3,(H,19,20). The minimum atomic E-state index is -3.62. The highest BCUT2D eigenvalue weighted by Crippen LogP contribution is 2.18. The molecule has 0 fully saturated rings. The number of sulfonamides is 1. The lowest BCUT2D eigenvalue weighted by Crippen LogP contribution is -2.14. The molecule has 1 aromatic heterocycles. The molecule has 1 heterocycles. The Morgan fingerprint density at radius 1 is 1.09 bits per heavy atom. The van der Waals surface area contributed by atoms with Gasteiger partial charge in [-0.3, -0.25) is 4.72 Å². The fraction of sp³-hybridized carbons (Fsp3) is 0.353. The molecular weight excluding hydrogens is 310 g/mol. The van der Waals surface area contributed by atoms with E-state index in [1.807, 2.05) is 19.9 Å². The van der Waals surface area contributed by atoms with Gasteiger partial charge in [0.1, 0.15) is 5.82 Å². The second-order valence-corrected chi connectivity index (χ2v) is 7.74. The summed E-state index contributed by atoms with van der Waals surface area (Å²) < 4.78 is 27.3. The molecule has 0 atom stereocenters. The lowest BCUT2D eigenvalue weighted by molar-refractivity contribution is 0.601. The van der Waals surface area contributed by atoms with Gasteiger partial charge in [0.2, 0.25) is 0 Å². The summed E-state index contributed by atoms with van der Waals surface area (Å²) in [6.45, 7) is 8.92. The van der Waals surface area contributed by atoms with Crippen molar-refractivity contribution in [3.63, 3.8) is 0 Å². The molecule has 0 saturated carbocycles. The molecule has 2 aromatic rings. The van der Waals surface area contributed by atoms with Gasteiger partial charge in [0.15, 0.2) is 0 Å². The molecule has 0 amide bonds. The maximum absolute atomic E-state index is 12.4. The van der Waals surface area contributed by atoms with E-state index >= 15 is 0 Å². The Morgan fingerprint density at radius 3 is 2.39 bits per heavy atom. The van der Waals surface area contributed by atoms with E-state index in [0.29, 0.717) is 11.7 Å². The fourth-order valence-electron chi connectivity index (χ4n) is 1.96. The summed E-state index contributed by atoms with van der Waals surface area (Å²) in [5, 5.41) is 3.24. The van der Waals surface area contributed by atoms with Crippen molar-refractivity contribution in [2.75, 3.05) is 16.6 Å². The Kier molecular flexibility index (Phi) is 5.26. The van der Waals surface area contributed by atoms with E-state index in [-0.39, 0.29) is 4.90 Å². The van der Waals surface area contributed by atoms with E-state index in [1.165, 1.54) is 0 Å². The Bertz CT molecular complexity index is 769. The third-order valence-electron chi connectivity index (χ3n) is 3.51. The van der Waals surface area contributed by atoms with Crippen LogP contribution in [-0.4, -0.2) is 19.9 Å². The normalized spacial score (nSPS) is 11.5. The van der Waals surface area contributed by atoms with Crippen LogP contribution in [0.5, 0.6) is 0 Å². The number of nitrogens with one attached hydrogen (secondary N) is 2. The van der Waals surface area contributed by atoms with E-state index in [1.54, 1.807) is 30.5 Å². The van der Waals surface area contributed by atoms with Gasteiger partial charge in [-0.1, -0.05) is 19.9 Å². The van der Waals surface area contributed by atoms with Crippen molar-refractivity contribution in [1.82, 2.24) is 4.98 Å². The van der Waals surface area contributed by atoms with Crippen LogP contribution in [0.4, 0.5) is 11.5 Å². The second-order valence-electron chi connectivity index (χ2n) is 6.06. The fourth-order valence-corrected chi connectivity index (χ4v) is 3.05. The maximum atomic E-state index is 12.4. The van der Waals surface area contributed by atoms with Crippen molar-refractivity contribution in [2.24, 2.45) is 5.92 Å². The average molecular weight is 333 g/mol. The summed E-state index contributed by atoms with van der Waals surface area (Å²) in [5.41, 5.74) is 2.87. The summed E-state index contributed by atoms with van der Waals surface area (Å²) in [4.78, 5) is 4.39. The van der Waals surface area contributed by atoms with E-state index in [9.17, 15) is 8.42 Å². The molecule has 6 heteroatoms. The van der Waals surface area contributed by atoms with Gasteiger partial charge in [-0.05, 0) is 55.2 Å². The van der Waals surface area contributed by atoms with Crippen LogP contribution in [0.1, 0.15) is 25.0 Å². The highest BCUT2D eigenvalue weighted by Gasteiger charge is 2.15. The molecule has 0 unspecified atom stereocenters. The zero-order valence-corrected chi connectivity index (χ0v) is 14.7. The molecular formula is C17H23N3O2S. The predicted octanol–water partition coefficient (Wildman–Crippen LogP) is 3.57. The van der Waals surface area contributed by atoms with Gasteiger partial charge in [-0.25, -0.2) is 13.4 Å². The zero-order chi connectivity index (χ0) is 17.0. The first kappa shape index (κ1) is 17.3. The molecule has 0 radical (unpaired) electrons. The van der Waals surface area contributed by atoms with Gasteiger partial charge in [0.25, 0.3) is 10.0 Å². The topological polar surface area (TPSA) is 71.1 Å². The van der Waals surface area contributed by atoms with Crippen LogP contribution in [0.3, 0.4) is 0 Å². The van der Waals surface area contributed by atoms with Crippen LogP contribution < -0.4 is 10.0 Å². The highest BCUT2D eigenvalue weighted by atomic mass is 32.2. The summed E-state index contributed by atoms with van der Waals surface area (Å²) in [7, 11) is -3.62. The van der Waals surface area contributed by atoms with Crippen LogP contribution in [-0.2, 0) is 10.0 Å². The third kappa shape index (κ3) is 4.69. The van der Waals surface area contributed by atoms with Crippen molar-refractivity contribution in [3.05, 3.63) is 47.7 Å². The zero-order valence-electron chi connectivity index (χ0n) is 13.9. The molecule has 0 bridgehead atoms. The predicted molar refractivity (Wildman–Crippen MR) is 94.3 cm³/mol. The van der Waals surface area contributed by atoms with Crippen LogP contribution in [0.15, 0.2) is 41.4 Å². The number of anilines is 2. The lowest BCUT2D eigenvalue weighted by Gasteiger charge is -2.11. The average Bonchev–Trinajstić information content (AvgIpc) is 2.49. The molecule has 124 valence electrons. The Balaban J connectivity index is 2.12. The molecule has 2 N–H and O–H groups in total.